The second-order valence-corrected chi connectivity index (χ2v) is 5.62. The van der Waals surface area contributed by atoms with Crippen LogP contribution in [0.4, 0.5) is 0 Å². The molecule has 0 saturated heterocycles. The number of aromatic amines is 1. The first kappa shape index (κ1) is 18.5. The van der Waals surface area contributed by atoms with Gasteiger partial charge in [-0.1, -0.05) is 25.1 Å². The molecule has 0 aliphatic rings. The van der Waals surface area contributed by atoms with E-state index < -0.39 is 0 Å². The van der Waals surface area contributed by atoms with Gasteiger partial charge < -0.3 is 16.0 Å². The van der Waals surface area contributed by atoms with Crippen molar-refractivity contribution in [1.82, 2.24) is 10.3 Å². The topological polar surface area (TPSA) is 70.9 Å². The van der Waals surface area contributed by atoms with E-state index in [4.69, 9.17) is 5.73 Å². The smallest absolute Gasteiger partial charge is 0.220 e. The SMILES string of the molecule is CCc1cccc2c(CCNC(=O)CCC(C)N)c[nH]c12.Cl. The molecule has 22 heavy (non-hydrogen) atoms. The Morgan fingerprint density at radius 2 is 2.14 bits per heavy atom. The zero-order valence-electron chi connectivity index (χ0n) is 13.3. The van der Waals surface area contributed by atoms with Crippen LogP contribution in [0.15, 0.2) is 24.4 Å². The van der Waals surface area contributed by atoms with E-state index in [0.29, 0.717) is 13.0 Å². The molecular formula is C17H26ClN3O. The fourth-order valence-corrected chi connectivity index (χ4v) is 2.56. The number of amides is 1. The zero-order chi connectivity index (χ0) is 15.2. The van der Waals surface area contributed by atoms with E-state index in [1.54, 1.807) is 0 Å². The number of carbonyl (C=O) groups is 1. The minimum atomic E-state index is 0. The van der Waals surface area contributed by atoms with Crippen molar-refractivity contribution in [3.63, 3.8) is 0 Å². The van der Waals surface area contributed by atoms with Crippen LogP contribution in [0.2, 0.25) is 0 Å². The maximum absolute atomic E-state index is 11.7. The van der Waals surface area contributed by atoms with Gasteiger partial charge in [-0.2, -0.15) is 0 Å². The summed E-state index contributed by atoms with van der Waals surface area (Å²) >= 11 is 0. The molecule has 1 atom stereocenters. The molecule has 122 valence electrons. The first-order valence-electron chi connectivity index (χ1n) is 7.72. The highest BCUT2D eigenvalue weighted by Gasteiger charge is 2.07. The number of H-pyrrole nitrogens is 1. The van der Waals surface area contributed by atoms with Crippen molar-refractivity contribution in [1.29, 1.82) is 0 Å². The number of benzene rings is 1. The summed E-state index contributed by atoms with van der Waals surface area (Å²) in [7, 11) is 0. The number of hydrogen-bond acceptors (Lipinski definition) is 2. The molecule has 0 fully saturated rings. The Hall–Kier alpha value is -1.52. The average molecular weight is 324 g/mol. The van der Waals surface area contributed by atoms with Gasteiger partial charge >= 0.3 is 0 Å². The van der Waals surface area contributed by atoms with Crippen LogP contribution in [0.1, 0.15) is 37.8 Å². The molecule has 0 aliphatic carbocycles. The largest absolute Gasteiger partial charge is 0.361 e. The van der Waals surface area contributed by atoms with Crippen LogP contribution in [0.25, 0.3) is 10.9 Å². The van der Waals surface area contributed by atoms with Crippen LogP contribution in [0.3, 0.4) is 0 Å². The van der Waals surface area contributed by atoms with Crippen LogP contribution >= 0.6 is 12.4 Å². The predicted octanol–water partition coefficient (Wildman–Crippen LogP) is 2.94. The summed E-state index contributed by atoms with van der Waals surface area (Å²) in [6.07, 6.45) is 5.16. The quantitative estimate of drug-likeness (QED) is 0.733. The summed E-state index contributed by atoms with van der Waals surface area (Å²) in [6.45, 7) is 4.75. The first-order chi connectivity index (χ1) is 10.1. The molecule has 0 spiro atoms. The molecule has 1 heterocycles. The maximum Gasteiger partial charge on any atom is 0.220 e. The van der Waals surface area contributed by atoms with Gasteiger partial charge in [-0.05, 0) is 37.3 Å². The van der Waals surface area contributed by atoms with Crippen LogP contribution in [-0.4, -0.2) is 23.5 Å². The minimum absolute atomic E-state index is 0. The summed E-state index contributed by atoms with van der Waals surface area (Å²) in [5, 5.41) is 4.22. The molecule has 0 aliphatic heterocycles. The Balaban J connectivity index is 0.00000242. The fourth-order valence-electron chi connectivity index (χ4n) is 2.56. The van der Waals surface area contributed by atoms with E-state index in [1.165, 1.54) is 22.0 Å². The van der Waals surface area contributed by atoms with Crippen molar-refractivity contribution >= 4 is 29.2 Å². The molecule has 0 saturated carbocycles. The number of halogens is 1. The number of hydrogen-bond donors (Lipinski definition) is 3. The Bertz CT molecular complexity index is 607. The molecule has 4 nitrogen and oxygen atoms in total. The van der Waals surface area contributed by atoms with Gasteiger partial charge in [0.05, 0.1) is 0 Å². The molecule has 0 bridgehead atoms. The van der Waals surface area contributed by atoms with Gasteiger partial charge in [0.2, 0.25) is 5.91 Å². The number of nitrogens with two attached hydrogens (primary N) is 1. The number of para-hydroxylation sites is 1. The van der Waals surface area contributed by atoms with Crippen LogP contribution < -0.4 is 11.1 Å². The summed E-state index contributed by atoms with van der Waals surface area (Å²) in [5.41, 5.74) is 9.46. The van der Waals surface area contributed by atoms with Gasteiger partial charge in [-0.25, -0.2) is 0 Å². The van der Waals surface area contributed by atoms with Crippen LogP contribution in [0, 0.1) is 0 Å². The highest BCUT2D eigenvalue weighted by Crippen LogP contribution is 2.22. The van der Waals surface area contributed by atoms with E-state index in [2.05, 4.69) is 41.6 Å². The van der Waals surface area contributed by atoms with Crippen molar-refractivity contribution in [2.45, 2.75) is 45.6 Å². The van der Waals surface area contributed by atoms with E-state index in [0.717, 1.165) is 19.3 Å². The lowest BCUT2D eigenvalue weighted by atomic mass is 10.1. The summed E-state index contributed by atoms with van der Waals surface area (Å²) < 4.78 is 0. The van der Waals surface area contributed by atoms with Gasteiger partial charge in [0, 0.05) is 36.1 Å². The van der Waals surface area contributed by atoms with Crippen LogP contribution in [-0.2, 0) is 17.6 Å². The number of aryl methyl sites for hydroxylation is 1. The molecule has 4 N–H and O–H groups in total. The van der Waals surface area contributed by atoms with Crippen molar-refractivity contribution in [3.8, 4) is 0 Å². The van der Waals surface area contributed by atoms with Crippen LogP contribution in [0.5, 0.6) is 0 Å². The van der Waals surface area contributed by atoms with Gasteiger partial charge in [-0.3, -0.25) is 4.79 Å². The number of carbonyl (C=O) groups excluding carboxylic acids is 1. The lowest BCUT2D eigenvalue weighted by molar-refractivity contribution is -0.121. The molecule has 2 aromatic rings. The predicted molar refractivity (Wildman–Crippen MR) is 94.5 cm³/mol. The number of fused-ring (bicyclic) bond motifs is 1. The van der Waals surface area contributed by atoms with Crippen molar-refractivity contribution in [2.24, 2.45) is 5.73 Å². The monoisotopic (exact) mass is 323 g/mol. The third-order valence-corrected chi connectivity index (χ3v) is 3.81. The molecule has 1 unspecified atom stereocenters. The van der Waals surface area contributed by atoms with E-state index in [-0.39, 0.29) is 24.4 Å². The lowest BCUT2D eigenvalue weighted by Crippen LogP contribution is -2.27. The zero-order valence-corrected chi connectivity index (χ0v) is 14.1. The Morgan fingerprint density at radius 3 is 2.82 bits per heavy atom. The summed E-state index contributed by atoms with van der Waals surface area (Å²) in [4.78, 5) is 15.0. The first-order valence-corrected chi connectivity index (χ1v) is 7.72. The Kier molecular flexibility index (Phi) is 7.42. The average Bonchev–Trinajstić information content (AvgIpc) is 2.88. The summed E-state index contributed by atoms with van der Waals surface area (Å²) in [5.74, 6) is 0.0846. The number of rotatable bonds is 7. The minimum Gasteiger partial charge on any atom is -0.361 e. The lowest BCUT2D eigenvalue weighted by Gasteiger charge is -2.06. The molecule has 1 amide bonds. The van der Waals surface area contributed by atoms with Gasteiger partial charge in [0.25, 0.3) is 0 Å². The third-order valence-electron chi connectivity index (χ3n) is 3.81. The molecular weight excluding hydrogens is 298 g/mol. The second kappa shape index (κ2) is 8.81. The van der Waals surface area contributed by atoms with Crippen molar-refractivity contribution in [3.05, 3.63) is 35.5 Å². The third kappa shape index (κ3) is 4.75. The van der Waals surface area contributed by atoms with E-state index in [1.807, 2.05) is 6.92 Å². The van der Waals surface area contributed by atoms with Gasteiger partial charge in [0.1, 0.15) is 0 Å². The maximum atomic E-state index is 11.7. The van der Waals surface area contributed by atoms with Crippen molar-refractivity contribution in [2.75, 3.05) is 6.54 Å². The molecule has 1 aromatic heterocycles. The fraction of sp³-hybridized carbons (Fsp3) is 0.471. The highest BCUT2D eigenvalue weighted by atomic mass is 35.5. The second-order valence-electron chi connectivity index (χ2n) is 5.62. The number of nitrogens with one attached hydrogen (secondary N) is 2. The number of aromatic nitrogens is 1. The van der Waals surface area contributed by atoms with E-state index >= 15 is 0 Å². The van der Waals surface area contributed by atoms with Crippen molar-refractivity contribution < 1.29 is 4.79 Å². The molecule has 2 rings (SSSR count). The normalized spacial score (nSPS) is 12.0. The standard InChI is InChI=1S/C17H25N3O.ClH/c1-3-13-5-4-6-15-14(11-20-17(13)15)9-10-19-16(21)8-7-12(2)18;/h4-6,11-12,20H,3,7-10,18H2,1-2H3,(H,19,21);1H. The summed E-state index contributed by atoms with van der Waals surface area (Å²) in [6, 6.07) is 6.47. The molecule has 0 radical (unpaired) electrons. The Labute approximate surface area is 138 Å². The van der Waals surface area contributed by atoms with E-state index in [9.17, 15) is 4.79 Å². The van der Waals surface area contributed by atoms with Gasteiger partial charge in [0.15, 0.2) is 0 Å². The highest BCUT2D eigenvalue weighted by molar-refractivity contribution is 5.86. The van der Waals surface area contributed by atoms with Gasteiger partial charge in [-0.15, -0.1) is 12.4 Å². The molecule has 1 aromatic carbocycles. The Morgan fingerprint density at radius 1 is 1.36 bits per heavy atom. The molecule has 5 heteroatoms.